The fourth-order valence-corrected chi connectivity index (χ4v) is 3.39. The number of nitrogens with zero attached hydrogens (tertiary/aromatic N) is 1. The maximum absolute atomic E-state index is 12.1. The first-order valence-corrected chi connectivity index (χ1v) is 7.20. The van der Waals surface area contributed by atoms with Crippen LogP contribution in [0.25, 0.3) is 5.57 Å². The second kappa shape index (κ2) is 5.20. The number of fused-ring (bicyclic) bond motifs is 1. The van der Waals surface area contributed by atoms with Gasteiger partial charge in [0.2, 0.25) is 11.8 Å². The van der Waals surface area contributed by atoms with Crippen LogP contribution in [0.3, 0.4) is 0 Å². The summed E-state index contributed by atoms with van der Waals surface area (Å²) in [5.74, 6) is -2.79. The first kappa shape index (κ1) is 15.2. The highest BCUT2D eigenvalue weighted by Gasteiger charge is 2.56. The summed E-state index contributed by atoms with van der Waals surface area (Å²) in [6, 6.07) is 6.00. The number of carbonyl (C=O) groups excluding carboxylic acids is 2. The second-order valence-corrected chi connectivity index (χ2v) is 5.82. The van der Waals surface area contributed by atoms with Crippen molar-refractivity contribution in [3.63, 3.8) is 0 Å². The summed E-state index contributed by atoms with van der Waals surface area (Å²) < 4.78 is 0. The molecule has 0 spiro atoms. The van der Waals surface area contributed by atoms with Crippen LogP contribution in [0.2, 0.25) is 0 Å². The summed E-state index contributed by atoms with van der Waals surface area (Å²) in [7, 11) is 0. The fourth-order valence-electron chi connectivity index (χ4n) is 3.39. The van der Waals surface area contributed by atoms with E-state index in [4.69, 9.17) is 5.73 Å². The number of hydrogen-bond acceptors (Lipinski definition) is 4. The van der Waals surface area contributed by atoms with Gasteiger partial charge in [0.05, 0.1) is 18.1 Å². The Labute approximate surface area is 132 Å². The van der Waals surface area contributed by atoms with Crippen molar-refractivity contribution in [2.45, 2.75) is 25.5 Å². The molecule has 1 saturated heterocycles. The van der Waals surface area contributed by atoms with E-state index in [1.165, 1.54) is 17.9 Å². The van der Waals surface area contributed by atoms with Gasteiger partial charge in [0.25, 0.3) is 0 Å². The molecular formula is C16H16N2O5. The van der Waals surface area contributed by atoms with Gasteiger partial charge in [0.15, 0.2) is 0 Å². The lowest BCUT2D eigenvalue weighted by Crippen LogP contribution is -2.61. The minimum atomic E-state index is -1.20. The summed E-state index contributed by atoms with van der Waals surface area (Å²) >= 11 is 0. The number of carboxylic acid groups (broad SMARTS) is 1. The van der Waals surface area contributed by atoms with E-state index < -0.39 is 23.9 Å². The Morgan fingerprint density at radius 1 is 1.39 bits per heavy atom. The van der Waals surface area contributed by atoms with Crippen molar-refractivity contribution in [2.24, 2.45) is 11.7 Å². The lowest BCUT2D eigenvalue weighted by molar-refractivity contribution is -0.161. The van der Waals surface area contributed by atoms with Crippen molar-refractivity contribution in [2.75, 3.05) is 0 Å². The molecule has 0 unspecified atom stereocenters. The van der Waals surface area contributed by atoms with E-state index in [2.05, 4.69) is 0 Å². The smallest absolute Gasteiger partial charge is 0.352 e. The summed E-state index contributed by atoms with van der Waals surface area (Å²) in [6.07, 6.45) is -0.513. The summed E-state index contributed by atoms with van der Waals surface area (Å²) in [4.78, 5) is 36.3. The predicted octanol–water partition coefficient (Wildman–Crippen LogP) is 0.193. The van der Waals surface area contributed by atoms with E-state index in [0.29, 0.717) is 17.6 Å². The molecule has 4 N–H and O–H groups in total. The van der Waals surface area contributed by atoms with Crippen LogP contribution in [0.4, 0.5) is 0 Å². The third kappa shape index (κ3) is 2.20. The first-order chi connectivity index (χ1) is 10.8. The normalized spacial score (nSPS) is 24.3. The average Bonchev–Trinajstić information content (AvgIpc) is 2.82. The molecule has 120 valence electrons. The number of amides is 2. The van der Waals surface area contributed by atoms with Crippen LogP contribution in [0.5, 0.6) is 0 Å². The van der Waals surface area contributed by atoms with Gasteiger partial charge in [-0.2, -0.15) is 0 Å². The molecule has 7 nitrogen and oxygen atoms in total. The number of aliphatic hydroxyl groups excluding tert-OH is 1. The van der Waals surface area contributed by atoms with E-state index in [1.54, 1.807) is 18.2 Å². The number of aliphatic carboxylic acids is 1. The topological polar surface area (TPSA) is 121 Å². The molecule has 0 bridgehead atoms. The molecule has 3 rings (SSSR count). The molecule has 23 heavy (non-hydrogen) atoms. The highest BCUT2D eigenvalue weighted by molar-refractivity contribution is 6.06. The van der Waals surface area contributed by atoms with E-state index in [0.717, 1.165) is 0 Å². The van der Waals surface area contributed by atoms with Crippen molar-refractivity contribution in [1.82, 2.24) is 4.90 Å². The number of hydrogen-bond donors (Lipinski definition) is 3. The van der Waals surface area contributed by atoms with Gasteiger partial charge >= 0.3 is 5.97 Å². The van der Waals surface area contributed by atoms with Crippen molar-refractivity contribution in [1.29, 1.82) is 0 Å². The van der Waals surface area contributed by atoms with Crippen LogP contribution < -0.4 is 5.73 Å². The Balaban J connectivity index is 2.05. The molecule has 3 atom stereocenters. The van der Waals surface area contributed by atoms with Crippen LogP contribution in [0.1, 0.15) is 29.3 Å². The number of carbonyl (C=O) groups is 3. The molecular weight excluding hydrogens is 300 g/mol. The monoisotopic (exact) mass is 316 g/mol. The third-order valence-electron chi connectivity index (χ3n) is 4.43. The molecule has 2 aliphatic heterocycles. The molecule has 1 aromatic rings. The van der Waals surface area contributed by atoms with Gasteiger partial charge in [-0.25, -0.2) is 4.79 Å². The van der Waals surface area contributed by atoms with Crippen LogP contribution in [0.15, 0.2) is 30.0 Å². The molecule has 1 fully saturated rings. The van der Waals surface area contributed by atoms with Crippen molar-refractivity contribution >= 4 is 23.4 Å². The highest BCUT2D eigenvalue weighted by Crippen LogP contribution is 2.46. The lowest BCUT2D eigenvalue weighted by Gasteiger charge is -2.44. The van der Waals surface area contributed by atoms with Gasteiger partial charge in [-0.1, -0.05) is 12.1 Å². The zero-order valence-electron chi connectivity index (χ0n) is 12.4. The molecule has 0 aliphatic carbocycles. The highest BCUT2D eigenvalue weighted by atomic mass is 16.4. The molecule has 0 radical (unpaired) electrons. The molecule has 0 aromatic heterocycles. The Morgan fingerprint density at radius 3 is 2.65 bits per heavy atom. The third-order valence-corrected chi connectivity index (χ3v) is 4.43. The van der Waals surface area contributed by atoms with Gasteiger partial charge in [0.1, 0.15) is 5.70 Å². The van der Waals surface area contributed by atoms with Crippen LogP contribution >= 0.6 is 0 Å². The van der Waals surface area contributed by atoms with Crippen molar-refractivity contribution in [3.8, 4) is 0 Å². The SMILES string of the molecule is C[C@@H](O)[C@H]1C(=O)N2C(C(=O)O)=C(c3cccc(C(N)=O)c3)C[C@H]12. The number of aliphatic hydroxyl groups is 1. The number of β-lactam (4-membered cyclic amide) rings is 1. The molecule has 2 amide bonds. The molecule has 2 aliphatic rings. The predicted molar refractivity (Wildman–Crippen MR) is 79.9 cm³/mol. The summed E-state index contributed by atoms with van der Waals surface area (Å²) in [5.41, 5.74) is 6.46. The zero-order chi connectivity index (χ0) is 16.9. The number of rotatable bonds is 4. The summed E-state index contributed by atoms with van der Waals surface area (Å²) in [6.45, 7) is 1.52. The van der Waals surface area contributed by atoms with Crippen LogP contribution in [-0.4, -0.2) is 45.0 Å². The maximum atomic E-state index is 12.1. The first-order valence-electron chi connectivity index (χ1n) is 7.20. The zero-order valence-corrected chi connectivity index (χ0v) is 12.4. The van der Waals surface area contributed by atoms with E-state index in [-0.39, 0.29) is 23.2 Å². The maximum Gasteiger partial charge on any atom is 0.352 e. The van der Waals surface area contributed by atoms with Gasteiger partial charge in [-0.05, 0) is 36.6 Å². The lowest BCUT2D eigenvalue weighted by atomic mass is 9.82. The number of benzene rings is 1. The standard InChI is InChI=1S/C16H16N2O5/c1-7(19)12-11-6-10(13(16(22)23)18(11)15(12)21)8-3-2-4-9(5-8)14(17)20/h2-5,7,11-12,19H,6H2,1H3,(H2,17,20)(H,22,23)/t7-,11-,12-/m1/s1. The Bertz CT molecular complexity index is 753. The number of nitrogens with two attached hydrogens (primary N) is 1. The van der Waals surface area contributed by atoms with Gasteiger partial charge in [0, 0.05) is 5.56 Å². The Hall–Kier alpha value is -2.67. The summed E-state index contributed by atoms with van der Waals surface area (Å²) in [5, 5.41) is 19.2. The molecule has 0 saturated carbocycles. The molecule has 1 aromatic carbocycles. The molecule has 2 heterocycles. The van der Waals surface area contributed by atoms with Gasteiger partial charge in [-0.3, -0.25) is 9.59 Å². The number of primary amides is 1. The minimum Gasteiger partial charge on any atom is -0.477 e. The van der Waals surface area contributed by atoms with Crippen molar-refractivity contribution in [3.05, 3.63) is 41.1 Å². The van der Waals surface area contributed by atoms with Crippen LogP contribution in [-0.2, 0) is 9.59 Å². The molecule has 7 heteroatoms. The van der Waals surface area contributed by atoms with Crippen LogP contribution in [0, 0.1) is 5.92 Å². The van der Waals surface area contributed by atoms with Gasteiger partial charge < -0.3 is 20.8 Å². The quantitative estimate of drug-likeness (QED) is 0.685. The van der Waals surface area contributed by atoms with Crippen molar-refractivity contribution < 1.29 is 24.6 Å². The average molecular weight is 316 g/mol. The fraction of sp³-hybridized carbons (Fsp3) is 0.312. The number of carboxylic acids is 1. The minimum absolute atomic E-state index is 0.0847. The second-order valence-electron chi connectivity index (χ2n) is 5.82. The Kier molecular flexibility index (Phi) is 3.45. The largest absolute Gasteiger partial charge is 0.477 e. The van der Waals surface area contributed by atoms with E-state index in [1.807, 2.05) is 0 Å². The van der Waals surface area contributed by atoms with E-state index >= 15 is 0 Å². The Morgan fingerprint density at radius 2 is 2.09 bits per heavy atom. The van der Waals surface area contributed by atoms with Gasteiger partial charge in [-0.15, -0.1) is 0 Å². The van der Waals surface area contributed by atoms with E-state index in [9.17, 15) is 24.6 Å².